The maximum atomic E-state index is 12.7. The molecule has 3 saturated heterocycles. The number of carbonyl (C=O) groups excluding carboxylic acids is 2. The van der Waals surface area contributed by atoms with E-state index in [0.29, 0.717) is 26.1 Å². The number of ether oxygens (including phenoxy) is 5. The van der Waals surface area contributed by atoms with Gasteiger partial charge in [0.25, 0.3) is 0 Å². The summed E-state index contributed by atoms with van der Waals surface area (Å²) in [5.41, 5.74) is 0.670. The zero-order valence-electron chi connectivity index (χ0n) is 19.7. The number of carbonyl (C=O) groups is 2. The van der Waals surface area contributed by atoms with Crippen LogP contribution in [0, 0.1) is 5.92 Å². The van der Waals surface area contributed by atoms with Crippen molar-refractivity contribution < 1.29 is 33.3 Å². The number of amides is 2. The Labute approximate surface area is 189 Å². The van der Waals surface area contributed by atoms with Gasteiger partial charge in [-0.25, -0.2) is 4.79 Å². The average Bonchev–Trinajstić information content (AvgIpc) is 3.63. The fourth-order valence-corrected chi connectivity index (χ4v) is 5.23. The molecule has 180 valence electrons. The van der Waals surface area contributed by atoms with Crippen LogP contribution in [0.25, 0.3) is 0 Å². The Bertz CT molecular complexity index is 757. The van der Waals surface area contributed by atoms with Gasteiger partial charge in [-0.3, -0.25) is 4.79 Å². The van der Waals surface area contributed by atoms with Crippen molar-refractivity contribution in [2.24, 2.45) is 5.92 Å². The summed E-state index contributed by atoms with van der Waals surface area (Å²) in [5, 5.41) is 2.51. The first kappa shape index (κ1) is 23.5. The molecular weight excluding hydrogens is 416 g/mol. The van der Waals surface area contributed by atoms with Crippen molar-refractivity contribution in [1.82, 2.24) is 10.2 Å². The number of nitrogens with zero attached hydrogens (tertiary/aromatic N) is 1. The molecule has 0 aromatic rings. The summed E-state index contributed by atoms with van der Waals surface area (Å²) in [6.45, 7) is 7.83. The molecule has 3 heterocycles. The van der Waals surface area contributed by atoms with Crippen LogP contribution in [0.4, 0.5) is 4.79 Å². The first-order chi connectivity index (χ1) is 15.2. The molecule has 32 heavy (non-hydrogen) atoms. The summed E-state index contributed by atoms with van der Waals surface area (Å²) in [6.07, 6.45) is 3.52. The molecule has 2 amide bonds. The number of likely N-dealkylation sites (N-methyl/N-ethyl adjacent to an activating group) is 1. The Morgan fingerprint density at radius 2 is 2.00 bits per heavy atom. The monoisotopic (exact) mass is 452 g/mol. The highest BCUT2D eigenvalue weighted by Gasteiger charge is 2.72. The molecule has 4 fully saturated rings. The lowest BCUT2D eigenvalue weighted by Gasteiger charge is -2.44. The van der Waals surface area contributed by atoms with E-state index in [-0.39, 0.29) is 60.1 Å². The Morgan fingerprint density at radius 1 is 1.28 bits per heavy atom. The second kappa shape index (κ2) is 8.93. The van der Waals surface area contributed by atoms with E-state index >= 15 is 0 Å². The van der Waals surface area contributed by atoms with Gasteiger partial charge in [0.15, 0.2) is 0 Å². The molecule has 1 N–H and O–H groups in total. The van der Waals surface area contributed by atoms with E-state index in [2.05, 4.69) is 32.2 Å². The SMILES string of the molecule is CNC(=O)COC1CN(C(=O)O[C@@H]2CC[C@]3(CO3)C([C@@]3(C)O[C@@H]3CC=C(C)C)[C@@H]2OC)C1. The summed E-state index contributed by atoms with van der Waals surface area (Å²) in [4.78, 5) is 25.6. The summed E-state index contributed by atoms with van der Waals surface area (Å²) in [7, 11) is 3.23. The smallest absolute Gasteiger partial charge is 0.410 e. The first-order valence-corrected chi connectivity index (χ1v) is 11.5. The van der Waals surface area contributed by atoms with Crippen molar-refractivity contribution in [3.63, 3.8) is 0 Å². The molecule has 0 bridgehead atoms. The standard InChI is InChI=1S/C23H36N2O7/c1-14(2)6-7-17-22(3,32-17)20-19(28-5)16(8-9-23(20)13-30-23)31-21(27)25-10-15(11-25)29-12-18(26)24-4/h6,15-17,19-20H,7-13H2,1-5H3,(H,24,26)/t16-,17-,19-,20?,22+,23+/m1/s1. The summed E-state index contributed by atoms with van der Waals surface area (Å²) in [6, 6.07) is 0. The Hall–Kier alpha value is -1.68. The number of methoxy groups -OCH3 is 1. The van der Waals surface area contributed by atoms with E-state index in [0.717, 1.165) is 12.8 Å². The minimum Gasteiger partial charge on any atom is -0.443 e. The highest BCUT2D eigenvalue weighted by molar-refractivity contribution is 5.76. The highest BCUT2D eigenvalue weighted by atomic mass is 16.6. The van der Waals surface area contributed by atoms with E-state index in [4.69, 9.17) is 23.7 Å². The van der Waals surface area contributed by atoms with E-state index in [1.807, 2.05) is 0 Å². The van der Waals surface area contributed by atoms with Crippen LogP contribution in [0.1, 0.15) is 40.0 Å². The predicted octanol–water partition coefficient (Wildman–Crippen LogP) is 1.65. The number of allylic oxidation sites excluding steroid dienone is 1. The van der Waals surface area contributed by atoms with E-state index in [9.17, 15) is 9.59 Å². The molecule has 3 aliphatic heterocycles. The molecule has 1 unspecified atom stereocenters. The van der Waals surface area contributed by atoms with Gasteiger partial charge in [0.05, 0.1) is 37.8 Å². The normalized spacial score (nSPS) is 38.1. The predicted molar refractivity (Wildman–Crippen MR) is 115 cm³/mol. The number of likely N-dealkylation sites (tertiary alicyclic amines) is 1. The second-order valence-electron chi connectivity index (χ2n) is 9.81. The second-order valence-corrected chi connectivity index (χ2v) is 9.81. The fraction of sp³-hybridized carbons (Fsp3) is 0.826. The van der Waals surface area contributed by atoms with Crippen LogP contribution in [-0.2, 0) is 28.5 Å². The van der Waals surface area contributed by atoms with E-state index in [1.54, 1.807) is 19.1 Å². The molecule has 9 nitrogen and oxygen atoms in total. The van der Waals surface area contributed by atoms with Gasteiger partial charge in [-0.2, -0.15) is 0 Å². The van der Waals surface area contributed by atoms with E-state index in [1.165, 1.54) is 5.57 Å². The molecule has 9 heteroatoms. The molecule has 0 radical (unpaired) electrons. The van der Waals surface area contributed by atoms with Gasteiger partial charge in [-0.15, -0.1) is 0 Å². The van der Waals surface area contributed by atoms with Crippen molar-refractivity contribution in [3.05, 3.63) is 11.6 Å². The minimum absolute atomic E-state index is 0.00198. The lowest BCUT2D eigenvalue weighted by atomic mass is 9.68. The average molecular weight is 453 g/mol. The van der Waals surface area contributed by atoms with Crippen LogP contribution in [0.2, 0.25) is 0 Å². The van der Waals surface area contributed by atoms with Crippen molar-refractivity contribution in [2.75, 3.05) is 40.5 Å². The Balaban J connectivity index is 1.35. The third kappa shape index (κ3) is 4.53. The number of hydrogen-bond donors (Lipinski definition) is 1. The van der Waals surface area contributed by atoms with Crippen molar-refractivity contribution in [1.29, 1.82) is 0 Å². The quantitative estimate of drug-likeness (QED) is 0.441. The molecule has 4 rings (SSSR count). The molecule has 0 aromatic carbocycles. The summed E-state index contributed by atoms with van der Waals surface area (Å²) in [5.74, 6) is -0.181. The van der Waals surface area contributed by atoms with Gasteiger partial charge in [-0.05, 0) is 40.0 Å². The summed E-state index contributed by atoms with van der Waals surface area (Å²) >= 11 is 0. The maximum Gasteiger partial charge on any atom is 0.410 e. The van der Waals surface area contributed by atoms with Crippen LogP contribution in [0.3, 0.4) is 0 Å². The molecular formula is C23H36N2O7. The Kier molecular flexibility index (Phi) is 6.55. The number of hydrogen-bond acceptors (Lipinski definition) is 7. The maximum absolute atomic E-state index is 12.7. The van der Waals surface area contributed by atoms with Crippen LogP contribution in [-0.4, -0.2) is 93.0 Å². The zero-order valence-corrected chi connectivity index (χ0v) is 19.7. The molecule has 0 aromatic heterocycles. The van der Waals surface area contributed by atoms with Gasteiger partial charge in [0.2, 0.25) is 5.91 Å². The van der Waals surface area contributed by atoms with Crippen molar-refractivity contribution in [2.45, 2.75) is 75.7 Å². The lowest BCUT2D eigenvalue weighted by molar-refractivity contribution is -0.136. The van der Waals surface area contributed by atoms with Crippen LogP contribution in [0.5, 0.6) is 0 Å². The van der Waals surface area contributed by atoms with Gasteiger partial charge in [-0.1, -0.05) is 11.6 Å². The molecule has 4 aliphatic rings. The third-order valence-electron chi connectivity index (χ3n) is 7.32. The van der Waals surface area contributed by atoms with Gasteiger partial charge < -0.3 is 33.9 Å². The van der Waals surface area contributed by atoms with Gasteiger partial charge in [0, 0.05) is 14.2 Å². The highest BCUT2D eigenvalue weighted by Crippen LogP contribution is 2.59. The zero-order chi connectivity index (χ0) is 23.1. The number of nitrogens with one attached hydrogen (secondary N) is 1. The van der Waals surface area contributed by atoms with E-state index < -0.39 is 0 Å². The molecule has 1 saturated carbocycles. The van der Waals surface area contributed by atoms with Crippen molar-refractivity contribution >= 4 is 12.0 Å². The van der Waals surface area contributed by atoms with Crippen LogP contribution in [0.15, 0.2) is 11.6 Å². The van der Waals surface area contributed by atoms with Gasteiger partial charge >= 0.3 is 6.09 Å². The lowest BCUT2D eigenvalue weighted by Crippen LogP contribution is -2.59. The van der Waals surface area contributed by atoms with Crippen LogP contribution < -0.4 is 5.32 Å². The van der Waals surface area contributed by atoms with Crippen molar-refractivity contribution in [3.8, 4) is 0 Å². The molecule has 1 aliphatic carbocycles. The largest absolute Gasteiger partial charge is 0.443 e. The minimum atomic E-state index is -0.369. The topological polar surface area (TPSA) is 102 Å². The first-order valence-electron chi connectivity index (χ1n) is 11.5. The fourth-order valence-electron chi connectivity index (χ4n) is 5.23. The molecule has 1 spiro atoms. The third-order valence-corrected chi connectivity index (χ3v) is 7.32. The Morgan fingerprint density at radius 3 is 2.59 bits per heavy atom. The van der Waals surface area contributed by atoms with Crippen LogP contribution >= 0.6 is 0 Å². The summed E-state index contributed by atoms with van der Waals surface area (Å²) < 4.78 is 29.5. The number of rotatable bonds is 8. The van der Waals surface area contributed by atoms with Gasteiger partial charge in [0.1, 0.15) is 30.0 Å². The number of epoxide rings is 2. The molecule has 6 atom stereocenters.